The molecule has 0 radical (unpaired) electrons. The third-order valence-electron chi connectivity index (χ3n) is 4.48. The number of hydrogen-bond donors (Lipinski definition) is 2. The lowest BCUT2D eigenvalue weighted by molar-refractivity contribution is -0.122. The first-order chi connectivity index (χ1) is 14.0. The number of aliphatic imine (C=N–C) groups is 1. The van der Waals surface area contributed by atoms with Gasteiger partial charge in [-0.15, -0.1) is 0 Å². The molecule has 1 aliphatic rings. The molecule has 156 valence electrons. The number of unbranched alkanes of at least 4 members (excludes halogenated alkanes) is 1. The molecule has 0 saturated carbocycles. The summed E-state index contributed by atoms with van der Waals surface area (Å²) in [5.41, 5.74) is 1.82. The Morgan fingerprint density at radius 3 is 2.90 bits per heavy atom. The first-order valence-electron chi connectivity index (χ1n) is 9.58. The van der Waals surface area contributed by atoms with Crippen molar-refractivity contribution in [3.05, 3.63) is 52.2 Å². The maximum absolute atomic E-state index is 12.7. The first kappa shape index (κ1) is 21.9. The molecule has 0 spiro atoms. The van der Waals surface area contributed by atoms with Gasteiger partial charge in [-0.25, -0.2) is 8.42 Å². The average molecular weight is 452 g/mol. The number of amidine groups is 1. The molecule has 1 aliphatic heterocycles. The van der Waals surface area contributed by atoms with Gasteiger partial charge < -0.3 is 5.32 Å². The second-order valence-corrected chi connectivity index (χ2v) is 10.2. The molecule has 0 aliphatic carbocycles. The first-order valence-corrected chi connectivity index (χ1v) is 13.2. The van der Waals surface area contributed by atoms with Crippen LogP contribution in [0, 0.1) is 0 Å². The fourth-order valence-corrected chi connectivity index (χ4v) is 5.79. The Labute approximate surface area is 180 Å². The molecule has 3 rings (SSSR count). The zero-order chi connectivity index (χ0) is 20.7. The molecule has 29 heavy (non-hydrogen) atoms. The summed E-state index contributed by atoms with van der Waals surface area (Å²) in [5, 5.41) is 7.14. The van der Waals surface area contributed by atoms with Crippen LogP contribution in [0.1, 0.15) is 37.3 Å². The molecule has 2 aromatic rings. The van der Waals surface area contributed by atoms with Crippen molar-refractivity contribution in [2.24, 2.45) is 4.99 Å². The summed E-state index contributed by atoms with van der Waals surface area (Å²) in [7, 11) is -3.61. The highest BCUT2D eigenvalue weighted by Gasteiger charge is 2.31. The summed E-state index contributed by atoms with van der Waals surface area (Å²) < 4.78 is 27.0. The summed E-state index contributed by atoms with van der Waals surface area (Å²) in [4.78, 5) is 17.4. The van der Waals surface area contributed by atoms with E-state index in [9.17, 15) is 13.2 Å². The number of thioether (sulfide) groups is 1. The Balaban J connectivity index is 1.62. The number of nitrogens with one attached hydrogen (secondary N) is 2. The molecule has 1 aromatic carbocycles. The summed E-state index contributed by atoms with van der Waals surface area (Å²) in [6.07, 6.45) is 2.36. The number of carbonyl (C=O) groups excluding carboxylic acids is 1. The Kier molecular flexibility index (Phi) is 7.74. The van der Waals surface area contributed by atoms with Crippen molar-refractivity contribution in [3.63, 3.8) is 0 Å². The van der Waals surface area contributed by atoms with Gasteiger partial charge in [0.2, 0.25) is 5.91 Å². The number of amides is 1. The van der Waals surface area contributed by atoms with E-state index in [1.165, 1.54) is 5.56 Å². The highest BCUT2D eigenvalue weighted by molar-refractivity contribution is 7.98. The largest absolute Gasteiger partial charge is 0.353 e. The Hall–Kier alpha value is -1.84. The van der Waals surface area contributed by atoms with Gasteiger partial charge in [0.15, 0.2) is 0 Å². The van der Waals surface area contributed by atoms with Gasteiger partial charge in [0, 0.05) is 23.6 Å². The van der Waals surface area contributed by atoms with Gasteiger partial charge >= 0.3 is 0 Å². The van der Waals surface area contributed by atoms with Crippen molar-refractivity contribution >= 4 is 44.9 Å². The quantitative estimate of drug-likeness (QED) is 0.542. The summed E-state index contributed by atoms with van der Waals surface area (Å²) >= 11 is 3.45. The Bertz CT molecular complexity index is 956. The van der Waals surface area contributed by atoms with E-state index in [2.05, 4.69) is 38.8 Å². The van der Waals surface area contributed by atoms with Crippen LogP contribution in [-0.2, 0) is 20.6 Å². The second-order valence-electron chi connectivity index (χ2n) is 6.71. The van der Waals surface area contributed by atoms with Crippen LogP contribution in [-0.4, -0.2) is 38.5 Å². The van der Waals surface area contributed by atoms with E-state index in [0.717, 1.165) is 24.3 Å². The summed E-state index contributed by atoms with van der Waals surface area (Å²) in [5.74, 6) is 1.84. The van der Waals surface area contributed by atoms with Gasteiger partial charge in [-0.05, 0) is 40.9 Å². The zero-order valence-electron chi connectivity index (χ0n) is 16.3. The highest BCUT2D eigenvalue weighted by atomic mass is 32.2. The Morgan fingerprint density at radius 1 is 1.31 bits per heavy atom. The lowest BCUT2D eigenvalue weighted by Crippen LogP contribution is -2.36. The second kappa shape index (κ2) is 10.3. The fourth-order valence-electron chi connectivity index (χ4n) is 2.97. The minimum absolute atomic E-state index is 0.161. The van der Waals surface area contributed by atoms with E-state index in [0.29, 0.717) is 18.5 Å². The standard InChI is InChI=1S/C20H25N3O3S3/c1-2-3-7-17(20(24)21-10-12-28-14-15-9-11-27-13-15)22-19-16-6-4-5-8-18(16)29(25,26)23-19/h4-6,8-9,11,13,17H,2-3,7,10,12,14H2,1H3,(H,21,24)(H,22,23)/t17-/m0/s1. The van der Waals surface area contributed by atoms with Crippen molar-refractivity contribution in [3.8, 4) is 0 Å². The lowest BCUT2D eigenvalue weighted by atomic mass is 10.1. The van der Waals surface area contributed by atoms with Crippen molar-refractivity contribution in [2.45, 2.75) is 42.9 Å². The maximum Gasteiger partial charge on any atom is 0.263 e. The van der Waals surface area contributed by atoms with E-state index < -0.39 is 16.1 Å². The molecule has 0 fully saturated rings. The molecule has 2 N–H and O–H groups in total. The zero-order valence-corrected chi connectivity index (χ0v) is 18.7. The van der Waals surface area contributed by atoms with E-state index >= 15 is 0 Å². The number of carbonyl (C=O) groups is 1. The van der Waals surface area contributed by atoms with E-state index in [-0.39, 0.29) is 16.6 Å². The molecular formula is C20H25N3O3S3. The van der Waals surface area contributed by atoms with Gasteiger partial charge in [0.1, 0.15) is 11.9 Å². The number of benzene rings is 1. The van der Waals surface area contributed by atoms with E-state index in [1.807, 2.05) is 0 Å². The van der Waals surface area contributed by atoms with Crippen LogP contribution in [0.3, 0.4) is 0 Å². The smallest absolute Gasteiger partial charge is 0.263 e. The number of fused-ring (bicyclic) bond motifs is 1. The van der Waals surface area contributed by atoms with E-state index in [4.69, 9.17) is 0 Å². The van der Waals surface area contributed by atoms with Crippen LogP contribution >= 0.6 is 23.1 Å². The molecule has 0 saturated heterocycles. The van der Waals surface area contributed by atoms with Gasteiger partial charge in [0.05, 0.1) is 4.90 Å². The molecule has 1 atom stereocenters. The monoisotopic (exact) mass is 451 g/mol. The van der Waals surface area contributed by atoms with Crippen LogP contribution in [0.2, 0.25) is 0 Å². The van der Waals surface area contributed by atoms with Gasteiger partial charge in [0.25, 0.3) is 10.0 Å². The van der Waals surface area contributed by atoms with Crippen molar-refractivity contribution in [1.82, 2.24) is 10.0 Å². The van der Waals surface area contributed by atoms with Crippen LogP contribution in [0.5, 0.6) is 0 Å². The van der Waals surface area contributed by atoms with E-state index in [1.54, 1.807) is 47.4 Å². The number of rotatable bonds is 10. The third-order valence-corrected chi connectivity index (χ3v) is 7.64. The average Bonchev–Trinajstić information content (AvgIpc) is 3.31. The molecule has 9 heteroatoms. The maximum atomic E-state index is 12.7. The Morgan fingerprint density at radius 2 is 2.14 bits per heavy atom. The van der Waals surface area contributed by atoms with Gasteiger partial charge in [-0.3, -0.25) is 14.5 Å². The van der Waals surface area contributed by atoms with Crippen LogP contribution < -0.4 is 10.0 Å². The fraction of sp³-hybridized carbons (Fsp3) is 0.400. The molecule has 1 aromatic heterocycles. The number of nitrogens with zero attached hydrogens (tertiary/aromatic N) is 1. The van der Waals surface area contributed by atoms with Gasteiger partial charge in [-0.1, -0.05) is 31.9 Å². The minimum atomic E-state index is -3.61. The van der Waals surface area contributed by atoms with Crippen LogP contribution in [0.15, 0.2) is 51.0 Å². The predicted molar refractivity (Wildman–Crippen MR) is 120 cm³/mol. The van der Waals surface area contributed by atoms with Crippen LogP contribution in [0.4, 0.5) is 0 Å². The minimum Gasteiger partial charge on any atom is -0.353 e. The third kappa shape index (κ3) is 5.83. The predicted octanol–water partition coefficient (Wildman–Crippen LogP) is 3.40. The molecule has 6 nitrogen and oxygen atoms in total. The summed E-state index contributed by atoms with van der Waals surface area (Å²) in [6.45, 7) is 2.61. The molecule has 0 unspecified atom stereocenters. The topological polar surface area (TPSA) is 87.6 Å². The van der Waals surface area contributed by atoms with Crippen molar-refractivity contribution in [1.29, 1.82) is 0 Å². The van der Waals surface area contributed by atoms with Crippen molar-refractivity contribution in [2.75, 3.05) is 12.3 Å². The molecule has 2 heterocycles. The number of sulfonamides is 1. The van der Waals surface area contributed by atoms with Crippen LogP contribution in [0.25, 0.3) is 0 Å². The van der Waals surface area contributed by atoms with Crippen molar-refractivity contribution < 1.29 is 13.2 Å². The molecular weight excluding hydrogens is 426 g/mol. The van der Waals surface area contributed by atoms with Gasteiger partial charge in [-0.2, -0.15) is 23.1 Å². The summed E-state index contributed by atoms with van der Waals surface area (Å²) in [6, 6.07) is 8.20. The lowest BCUT2D eigenvalue weighted by Gasteiger charge is -2.14. The highest BCUT2D eigenvalue weighted by Crippen LogP contribution is 2.23. The number of thiophene rings is 1. The normalized spacial score (nSPS) is 16.9. The number of hydrogen-bond acceptors (Lipinski definition) is 6. The molecule has 1 amide bonds. The molecule has 0 bridgehead atoms. The SMILES string of the molecule is CCCC[C@H](N=C1NS(=O)(=O)c2ccccc21)C(=O)NCCSCc1ccsc1.